The van der Waals surface area contributed by atoms with Gasteiger partial charge in [-0.25, -0.2) is 4.98 Å². The molecule has 1 aromatic carbocycles. The van der Waals surface area contributed by atoms with Gasteiger partial charge in [-0.15, -0.1) is 0 Å². The van der Waals surface area contributed by atoms with Crippen LogP contribution in [0.15, 0.2) is 35.6 Å². The Morgan fingerprint density at radius 2 is 2.27 bits per heavy atom. The van der Waals surface area contributed by atoms with E-state index in [2.05, 4.69) is 15.5 Å². The quantitative estimate of drug-likeness (QED) is 0.568. The van der Waals surface area contributed by atoms with Crippen LogP contribution in [0.3, 0.4) is 0 Å². The first-order valence-electron chi connectivity index (χ1n) is 4.65. The lowest BCUT2D eigenvalue weighted by molar-refractivity contribution is 0.908. The fourth-order valence-corrected chi connectivity index (χ4v) is 1.44. The molecule has 0 unspecified atom stereocenters. The minimum atomic E-state index is 0.560. The molecule has 3 N–H and O–H groups in total. The molecule has 1 heterocycles. The SMILES string of the molecule is CN/N=C/c1ccc2c(N)nccc2c1. The topological polar surface area (TPSA) is 63.3 Å². The summed E-state index contributed by atoms with van der Waals surface area (Å²) in [7, 11) is 1.76. The molecule has 1 aromatic heterocycles. The number of nitrogens with zero attached hydrogens (tertiary/aromatic N) is 2. The summed E-state index contributed by atoms with van der Waals surface area (Å²) in [5, 5.41) is 5.99. The predicted octanol–water partition coefficient (Wildman–Crippen LogP) is 1.37. The van der Waals surface area contributed by atoms with Crippen molar-refractivity contribution in [3.8, 4) is 0 Å². The molecule has 0 aliphatic heterocycles. The summed E-state index contributed by atoms with van der Waals surface area (Å²) in [4.78, 5) is 4.03. The fraction of sp³-hybridized carbons (Fsp3) is 0.0909. The Bertz CT molecular complexity index is 505. The Balaban J connectivity index is 2.52. The van der Waals surface area contributed by atoms with E-state index in [1.54, 1.807) is 19.5 Å². The molecule has 0 bridgehead atoms. The Kier molecular flexibility index (Phi) is 2.49. The third-order valence-electron chi connectivity index (χ3n) is 2.16. The highest BCUT2D eigenvalue weighted by atomic mass is 15.3. The van der Waals surface area contributed by atoms with Gasteiger partial charge in [0.1, 0.15) is 5.82 Å². The van der Waals surface area contributed by atoms with Crippen molar-refractivity contribution in [1.29, 1.82) is 0 Å². The average Bonchev–Trinajstić information content (AvgIpc) is 2.26. The molecule has 2 rings (SSSR count). The second-order valence-electron chi connectivity index (χ2n) is 3.16. The first-order chi connectivity index (χ1) is 7.31. The molecular weight excluding hydrogens is 188 g/mol. The van der Waals surface area contributed by atoms with Crippen molar-refractivity contribution in [2.75, 3.05) is 12.8 Å². The van der Waals surface area contributed by atoms with Gasteiger partial charge in [-0.05, 0) is 23.1 Å². The van der Waals surface area contributed by atoms with Crippen LogP contribution in [0, 0.1) is 0 Å². The molecule has 0 aliphatic rings. The molecule has 0 amide bonds. The molecule has 0 saturated heterocycles. The van der Waals surface area contributed by atoms with E-state index in [0.29, 0.717) is 5.82 Å². The minimum Gasteiger partial charge on any atom is -0.383 e. The van der Waals surface area contributed by atoms with E-state index in [0.717, 1.165) is 16.3 Å². The van der Waals surface area contributed by atoms with Gasteiger partial charge in [0.2, 0.25) is 0 Å². The zero-order valence-electron chi connectivity index (χ0n) is 8.44. The summed E-state index contributed by atoms with van der Waals surface area (Å²) in [6, 6.07) is 7.87. The Hall–Kier alpha value is -2.10. The number of anilines is 1. The summed E-state index contributed by atoms with van der Waals surface area (Å²) >= 11 is 0. The van der Waals surface area contributed by atoms with Crippen LogP contribution in [0.1, 0.15) is 5.56 Å². The van der Waals surface area contributed by atoms with Crippen LogP contribution >= 0.6 is 0 Å². The normalized spacial score (nSPS) is 11.0. The molecule has 0 saturated carbocycles. The van der Waals surface area contributed by atoms with Crippen molar-refractivity contribution in [3.05, 3.63) is 36.0 Å². The third-order valence-corrected chi connectivity index (χ3v) is 2.16. The zero-order valence-corrected chi connectivity index (χ0v) is 8.44. The van der Waals surface area contributed by atoms with Crippen molar-refractivity contribution in [2.45, 2.75) is 0 Å². The van der Waals surface area contributed by atoms with Crippen LogP contribution in [0.5, 0.6) is 0 Å². The maximum Gasteiger partial charge on any atom is 0.131 e. The molecule has 4 nitrogen and oxygen atoms in total. The van der Waals surface area contributed by atoms with Crippen LogP contribution in [0.25, 0.3) is 10.8 Å². The largest absolute Gasteiger partial charge is 0.383 e. The predicted molar refractivity (Wildman–Crippen MR) is 62.8 cm³/mol. The van der Waals surface area contributed by atoms with E-state index in [4.69, 9.17) is 5.73 Å². The highest BCUT2D eigenvalue weighted by Crippen LogP contribution is 2.18. The molecule has 0 atom stereocenters. The highest BCUT2D eigenvalue weighted by Gasteiger charge is 1.98. The minimum absolute atomic E-state index is 0.560. The molecule has 0 aliphatic carbocycles. The van der Waals surface area contributed by atoms with E-state index < -0.39 is 0 Å². The second-order valence-corrected chi connectivity index (χ2v) is 3.16. The van der Waals surface area contributed by atoms with Gasteiger partial charge in [0.15, 0.2) is 0 Å². The van der Waals surface area contributed by atoms with Crippen molar-refractivity contribution in [3.63, 3.8) is 0 Å². The summed E-state index contributed by atoms with van der Waals surface area (Å²) in [6.45, 7) is 0. The number of nitrogens with two attached hydrogens (primary N) is 1. The number of fused-ring (bicyclic) bond motifs is 1. The van der Waals surface area contributed by atoms with Crippen molar-refractivity contribution in [1.82, 2.24) is 10.4 Å². The van der Waals surface area contributed by atoms with Crippen LogP contribution in [0.2, 0.25) is 0 Å². The lowest BCUT2D eigenvalue weighted by atomic mass is 10.1. The lowest BCUT2D eigenvalue weighted by Gasteiger charge is -2.01. The summed E-state index contributed by atoms with van der Waals surface area (Å²) in [6.07, 6.45) is 3.46. The first-order valence-corrected chi connectivity index (χ1v) is 4.65. The number of benzene rings is 1. The Morgan fingerprint density at radius 1 is 1.40 bits per heavy atom. The van der Waals surface area contributed by atoms with Crippen LogP contribution < -0.4 is 11.2 Å². The maximum atomic E-state index is 5.75. The monoisotopic (exact) mass is 200 g/mol. The summed E-state index contributed by atoms with van der Waals surface area (Å²) in [5.41, 5.74) is 9.49. The fourth-order valence-electron chi connectivity index (χ4n) is 1.44. The lowest BCUT2D eigenvalue weighted by Crippen LogP contribution is -1.95. The number of pyridine rings is 1. The van der Waals surface area contributed by atoms with E-state index in [1.807, 2.05) is 24.3 Å². The zero-order chi connectivity index (χ0) is 10.7. The Labute approximate surface area is 87.8 Å². The molecule has 0 radical (unpaired) electrons. The standard InChI is InChI=1S/C11H12N4/c1-13-15-7-8-2-3-10-9(6-8)4-5-14-11(10)12/h2-7,13H,1H3,(H2,12,14)/b15-7+. The second kappa shape index (κ2) is 3.96. The van der Waals surface area contributed by atoms with Crippen LogP contribution in [0.4, 0.5) is 5.82 Å². The van der Waals surface area contributed by atoms with Gasteiger partial charge in [-0.2, -0.15) is 5.10 Å². The number of hydrogen-bond donors (Lipinski definition) is 2. The summed E-state index contributed by atoms with van der Waals surface area (Å²) < 4.78 is 0. The van der Waals surface area contributed by atoms with Crippen LogP contribution in [-0.2, 0) is 0 Å². The number of hydrazone groups is 1. The van der Waals surface area contributed by atoms with Gasteiger partial charge >= 0.3 is 0 Å². The molecule has 0 fully saturated rings. The van der Waals surface area contributed by atoms with Gasteiger partial charge in [-0.1, -0.05) is 12.1 Å². The third kappa shape index (κ3) is 1.88. The van der Waals surface area contributed by atoms with E-state index in [9.17, 15) is 0 Å². The van der Waals surface area contributed by atoms with Crippen molar-refractivity contribution in [2.24, 2.45) is 5.10 Å². The summed E-state index contributed by atoms with van der Waals surface area (Å²) in [5.74, 6) is 0.560. The number of aromatic nitrogens is 1. The number of nitrogens with one attached hydrogen (secondary N) is 1. The van der Waals surface area contributed by atoms with Gasteiger partial charge in [0.05, 0.1) is 6.21 Å². The number of nitrogen functional groups attached to an aromatic ring is 1. The van der Waals surface area contributed by atoms with Crippen molar-refractivity contribution < 1.29 is 0 Å². The number of hydrogen-bond acceptors (Lipinski definition) is 4. The highest BCUT2D eigenvalue weighted by molar-refractivity contribution is 5.95. The first kappa shape index (κ1) is 9.45. The van der Waals surface area contributed by atoms with E-state index >= 15 is 0 Å². The van der Waals surface area contributed by atoms with Gasteiger partial charge in [0, 0.05) is 18.6 Å². The Morgan fingerprint density at radius 3 is 3.07 bits per heavy atom. The van der Waals surface area contributed by atoms with Crippen molar-refractivity contribution >= 4 is 22.8 Å². The maximum absolute atomic E-state index is 5.75. The molecular formula is C11H12N4. The molecule has 4 heteroatoms. The number of rotatable bonds is 2. The average molecular weight is 200 g/mol. The van der Waals surface area contributed by atoms with Gasteiger partial charge in [-0.3, -0.25) is 0 Å². The smallest absolute Gasteiger partial charge is 0.131 e. The molecule has 15 heavy (non-hydrogen) atoms. The van der Waals surface area contributed by atoms with E-state index in [1.165, 1.54) is 0 Å². The molecule has 76 valence electrons. The van der Waals surface area contributed by atoms with E-state index in [-0.39, 0.29) is 0 Å². The molecule has 0 spiro atoms. The van der Waals surface area contributed by atoms with Crippen LogP contribution in [-0.4, -0.2) is 18.2 Å². The van der Waals surface area contributed by atoms with Gasteiger partial charge < -0.3 is 11.2 Å². The molecule has 2 aromatic rings. The van der Waals surface area contributed by atoms with Gasteiger partial charge in [0.25, 0.3) is 0 Å².